The lowest BCUT2D eigenvalue weighted by atomic mass is 10.0. The third kappa shape index (κ3) is 2.76. The Balaban J connectivity index is 1.86. The molecule has 7 heteroatoms. The highest BCUT2D eigenvalue weighted by Crippen LogP contribution is 2.36. The summed E-state index contributed by atoms with van der Waals surface area (Å²) in [7, 11) is 0. The summed E-state index contributed by atoms with van der Waals surface area (Å²) in [6.45, 7) is 0. The summed E-state index contributed by atoms with van der Waals surface area (Å²) in [6.07, 6.45) is 5.25. The minimum absolute atomic E-state index is 0.326. The van der Waals surface area contributed by atoms with Gasteiger partial charge in [0.2, 0.25) is 0 Å². The van der Waals surface area contributed by atoms with Crippen LogP contribution in [0.3, 0.4) is 0 Å². The number of nitriles is 1. The second-order valence-electron chi connectivity index (χ2n) is 6.54. The summed E-state index contributed by atoms with van der Waals surface area (Å²) in [4.78, 5) is 13.3. The number of hydrogen-bond donors (Lipinski definition) is 1. The first-order valence-electron chi connectivity index (χ1n) is 8.83. The van der Waals surface area contributed by atoms with Crippen LogP contribution in [0.4, 0.5) is 5.82 Å². The topological polar surface area (TPSA) is 92.9 Å². The highest BCUT2D eigenvalue weighted by Gasteiger charge is 2.18. The third-order valence-corrected chi connectivity index (χ3v) is 5.07. The molecule has 0 bridgehead atoms. The number of aromatic nitrogens is 4. The van der Waals surface area contributed by atoms with E-state index in [4.69, 9.17) is 22.6 Å². The van der Waals surface area contributed by atoms with E-state index in [2.05, 4.69) is 21.0 Å². The van der Waals surface area contributed by atoms with Gasteiger partial charge in [0.1, 0.15) is 0 Å². The van der Waals surface area contributed by atoms with E-state index in [0.29, 0.717) is 27.7 Å². The highest BCUT2D eigenvalue weighted by molar-refractivity contribution is 6.35. The van der Waals surface area contributed by atoms with Gasteiger partial charge in [0, 0.05) is 35.1 Å². The fourth-order valence-electron chi connectivity index (χ4n) is 3.48. The number of nitrogens with zero attached hydrogens (tertiary/aromatic N) is 5. The van der Waals surface area contributed by atoms with Crippen LogP contribution in [0.15, 0.2) is 67.1 Å². The van der Waals surface area contributed by atoms with Crippen LogP contribution in [0, 0.1) is 11.3 Å². The van der Waals surface area contributed by atoms with E-state index in [1.54, 1.807) is 24.5 Å². The van der Waals surface area contributed by atoms with Crippen LogP contribution < -0.4 is 5.73 Å². The molecular formula is C22H13ClN6. The largest absolute Gasteiger partial charge is 0.381 e. The van der Waals surface area contributed by atoms with Crippen LogP contribution in [0.25, 0.3) is 39.1 Å². The second kappa shape index (κ2) is 6.59. The van der Waals surface area contributed by atoms with Crippen molar-refractivity contribution in [3.63, 3.8) is 0 Å². The Morgan fingerprint density at radius 3 is 2.62 bits per heavy atom. The van der Waals surface area contributed by atoms with E-state index in [0.717, 1.165) is 27.7 Å². The van der Waals surface area contributed by atoms with E-state index in [1.165, 1.54) is 0 Å². The summed E-state index contributed by atoms with van der Waals surface area (Å²) >= 11 is 6.54. The van der Waals surface area contributed by atoms with Crippen molar-refractivity contribution in [1.29, 1.82) is 5.26 Å². The first-order chi connectivity index (χ1) is 14.2. The number of imidazole rings is 1. The second-order valence-corrected chi connectivity index (χ2v) is 6.94. The molecule has 0 amide bonds. The molecular weight excluding hydrogens is 384 g/mol. The summed E-state index contributed by atoms with van der Waals surface area (Å²) in [5.74, 6) is 0.326. The number of hydrogen-bond acceptors (Lipinski definition) is 5. The van der Waals surface area contributed by atoms with Gasteiger partial charge >= 0.3 is 0 Å². The van der Waals surface area contributed by atoms with Gasteiger partial charge in [-0.1, -0.05) is 29.8 Å². The van der Waals surface area contributed by atoms with Crippen LogP contribution in [0.2, 0.25) is 5.02 Å². The Morgan fingerprint density at radius 2 is 1.83 bits per heavy atom. The van der Waals surface area contributed by atoms with Crippen molar-refractivity contribution in [2.45, 2.75) is 0 Å². The first-order valence-corrected chi connectivity index (χ1v) is 9.21. The Labute approximate surface area is 170 Å². The first kappa shape index (κ1) is 17.2. The monoisotopic (exact) mass is 396 g/mol. The molecule has 29 heavy (non-hydrogen) atoms. The van der Waals surface area contributed by atoms with E-state index in [-0.39, 0.29) is 0 Å². The van der Waals surface area contributed by atoms with Gasteiger partial charge in [0.15, 0.2) is 11.5 Å². The lowest BCUT2D eigenvalue weighted by Crippen LogP contribution is -2.04. The molecule has 2 aromatic carbocycles. The van der Waals surface area contributed by atoms with Gasteiger partial charge in [0.25, 0.3) is 0 Å². The molecule has 0 spiro atoms. The number of halogens is 1. The fourth-order valence-corrected chi connectivity index (χ4v) is 3.75. The van der Waals surface area contributed by atoms with Crippen molar-refractivity contribution in [2.75, 3.05) is 5.73 Å². The van der Waals surface area contributed by atoms with Gasteiger partial charge < -0.3 is 5.73 Å². The maximum absolute atomic E-state index is 9.10. The lowest BCUT2D eigenvalue weighted by Gasteiger charge is -2.15. The minimum atomic E-state index is 0.326. The number of anilines is 1. The zero-order chi connectivity index (χ0) is 20.0. The van der Waals surface area contributed by atoms with Gasteiger partial charge in [-0.3, -0.25) is 9.38 Å². The van der Waals surface area contributed by atoms with Gasteiger partial charge in [0.05, 0.1) is 33.6 Å². The summed E-state index contributed by atoms with van der Waals surface area (Å²) in [5.41, 5.74) is 11.3. The molecule has 0 atom stereocenters. The average molecular weight is 397 g/mol. The molecule has 5 aromatic rings. The van der Waals surface area contributed by atoms with Gasteiger partial charge in [-0.05, 0) is 30.3 Å². The molecule has 5 rings (SSSR count). The van der Waals surface area contributed by atoms with Gasteiger partial charge in [-0.25, -0.2) is 9.97 Å². The van der Waals surface area contributed by atoms with E-state index < -0.39 is 0 Å². The molecule has 6 nitrogen and oxygen atoms in total. The van der Waals surface area contributed by atoms with Crippen molar-refractivity contribution >= 4 is 34.0 Å². The zero-order valence-electron chi connectivity index (χ0n) is 15.0. The Hall–Kier alpha value is -3.95. The lowest BCUT2D eigenvalue weighted by molar-refractivity contribution is 1.14. The zero-order valence-corrected chi connectivity index (χ0v) is 15.8. The summed E-state index contributed by atoms with van der Waals surface area (Å²) in [5, 5.41) is 10.6. The van der Waals surface area contributed by atoms with E-state index in [1.807, 2.05) is 47.0 Å². The predicted molar refractivity (Wildman–Crippen MR) is 113 cm³/mol. The smallest absolute Gasteiger partial charge is 0.180 e. The van der Waals surface area contributed by atoms with Crippen molar-refractivity contribution < 1.29 is 0 Å². The number of fused-ring (bicyclic) bond motifs is 2. The molecule has 0 unspecified atom stereocenters. The molecule has 3 aromatic heterocycles. The Kier molecular flexibility index (Phi) is 3.90. The van der Waals surface area contributed by atoms with Crippen LogP contribution in [-0.2, 0) is 0 Å². The molecule has 0 saturated carbocycles. The molecule has 0 saturated heterocycles. The Bertz CT molecular complexity index is 1430. The molecule has 0 radical (unpaired) electrons. The van der Waals surface area contributed by atoms with Gasteiger partial charge in [-0.2, -0.15) is 5.26 Å². The van der Waals surface area contributed by atoms with Crippen molar-refractivity contribution in [3.8, 4) is 28.6 Å². The minimum Gasteiger partial charge on any atom is -0.381 e. The average Bonchev–Trinajstić information content (AvgIpc) is 3.24. The maximum atomic E-state index is 9.10. The third-order valence-electron chi connectivity index (χ3n) is 4.79. The van der Waals surface area contributed by atoms with E-state index in [9.17, 15) is 0 Å². The summed E-state index contributed by atoms with van der Waals surface area (Å²) < 4.78 is 1.91. The van der Waals surface area contributed by atoms with Crippen molar-refractivity contribution in [1.82, 2.24) is 19.4 Å². The van der Waals surface area contributed by atoms with Gasteiger partial charge in [-0.15, -0.1) is 0 Å². The number of pyridine rings is 1. The number of benzene rings is 2. The number of nitrogen functional groups attached to an aromatic ring is 1. The quantitative estimate of drug-likeness (QED) is 0.466. The molecule has 3 heterocycles. The standard InChI is InChI=1S/C22H13ClN6/c23-17-11-16(10-15-2-1-7-26-18(15)17)20-19(14-5-3-13(12-24)4-6-14)28-21(25)22-27-8-9-29(20)22/h1-11H,(H2,25,28). The highest BCUT2D eigenvalue weighted by atomic mass is 35.5. The van der Waals surface area contributed by atoms with Crippen LogP contribution in [0.1, 0.15) is 5.56 Å². The predicted octanol–water partition coefficient (Wildman–Crippen LogP) is 4.72. The SMILES string of the molecule is N#Cc1ccc(-c2nc(N)c3nccn3c2-c2cc(Cl)c3ncccc3c2)cc1. The number of nitrogens with two attached hydrogens (primary N) is 1. The molecule has 0 aliphatic rings. The normalized spacial score (nSPS) is 11.0. The maximum Gasteiger partial charge on any atom is 0.180 e. The molecule has 0 aliphatic heterocycles. The number of rotatable bonds is 2. The van der Waals surface area contributed by atoms with Crippen molar-refractivity contribution in [2.24, 2.45) is 0 Å². The fraction of sp³-hybridized carbons (Fsp3) is 0. The summed E-state index contributed by atoms with van der Waals surface area (Å²) in [6, 6.07) is 17.1. The molecule has 0 fully saturated rings. The molecule has 0 aliphatic carbocycles. The Morgan fingerprint density at radius 1 is 1.00 bits per heavy atom. The van der Waals surface area contributed by atoms with Crippen LogP contribution in [0.5, 0.6) is 0 Å². The van der Waals surface area contributed by atoms with E-state index >= 15 is 0 Å². The van der Waals surface area contributed by atoms with Crippen LogP contribution in [-0.4, -0.2) is 19.4 Å². The molecule has 2 N–H and O–H groups in total. The molecule has 138 valence electrons. The van der Waals surface area contributed by atoms with Crippen molar-refractivity contribution in [3.05, 3.63) is 77.7 Å². The van der Waals surface area contributed by atoms with Crippen LogP contribution >= 0.6 is 11.6 Å².